The maximum atomic E-state index is 13.1. The number of aryl methyl sites for hydroxylation is 1. The molecule has 2 heterocycles. The van der Waals surface area contributed by atoms with Crippen molar-refractivity contribution >= 4 is 15.7 Å². The summed E-state index contributed by atoms with van der Waals surface area (Å²) < 4.78 is 41.6. The van der Waals surface area contributed by atoms with Gasteiger partial charge in [0.25, 0.3) is 0 Å². The number of imidazole rings is 1. The standard InChI is InChI=1S/C27H31N5O5S/c1-3-36-23-14-13-21(38(34,35)28-15-16-37-20-11-5-4-6-12-20)17-22(23)25-30-26-24(19-9-7-8-10-19)29-18(2)32(26)27(33)31-25/h4-6,11-14,17,19,28H,3,7-10,15-16H2,1-2H3,(H,30,31,33). The number of H-pyrrole nitrogens is 1. The molecular weight excluding hydrogens is 506 g/mol. The van der Waals surface area contributed by atoms with Crippen molar-refractivity contribution in [2.45, 2.75) is 50.3 Å². The number of fused-ring (bicyclic) bond motifs is 1. The fraction of sp³-hybridized carbons (Fsp3) is 0.370. The number of hydrogen-bond donors (Lipinski definition) is 2. The molecule has 0 aliphatic heterocycles. The molecule has 0 radical (unpaired) electrons. The summed E-state index contributed by atoms with van der Waals surface area (Å²) in [5.74, 6) is 2.14. The van der Waals surface area contributed by atoms with Crippen molar-refractivity contribution in [2.75, 3.05) is 19.8 Å². The van der Waals surface area contributed by atoms with E-state index in [2.05, 4.69) is 14.7 Å². The second kappa shape index (κ2) is 11.0. The maximum absolute atomic E-state index is 13.1. The van der Waals surface area contributed by atoms with Gasteiger partial charge in [-0.2, -0.15) is 0 Å². The zero-order valence-corrected chi connectivity index (χ0v) is 22.3. The van der Waals surface area contributed by atoms with Crippen molar-refractivity contribution < 1.29 is 17.9 Å². The third-order valence-corrected chi connectivity index (χ3v) is 8.12. The van der Waals surface area contributed by atoms with Crippen LogP contribution in [-0.2, 0) is 10.0 Å². The van der Waals surface area contributed by atoms with Gasteiger partial charge in [0, 0.05) is 12.5 Å². The van der Waals surface area contributed by atoms with E-state index < -0.39 is 10.0 Å². The molecule has 10 nitrogen and oxygen atoms in total. The van der Waals surface area contributed by atoms with Crippen LogP contribution < -0.4 is 19.9 Å². The van der Waals surface area contributed by atoms with Crippen molar-refractivity contribution in [3.05, 3.63) is 70.5 Å². The van der Waals surface area contributed by atoms with E-state index >= 15 is 0 Å². The number of nitrogens with zero attached hydrogens (tertiary/aromatic N) is 3. The number of aromatic nitrogens is 4. The van der Waals surface area contributed by atoms with E-state index in [-0.39, 0.29) is 35.5 Å². The molecule has 4 aromatic rings. The summed E-state index contributed by atoms with van der Waals surface area (Å²) in [7, 11) is -3.87. The molecule has 0 spiro atoms. The lowest BCUT2D eigenvalue weighted by atomic mass is 10.0. The third kappa shape index (κ3) is 5.30. The van der Waals surface area contributed by atoms with Crippen molar-refractivity contribution in [2.24, 2.45) is 0 Å². The number of benzene rings is 2. The number of hydrogen-bond acceptors (Lipinski definition) is 7. The highest BCUT2D eigenvalue weighted by Gasteiger charge is 2.26. The molecule has 1 fully saturated rings. The largest absolute Gasteiger partial charge is 0.493 e. The molecule has 0 saturated heterocycles. The summed E-state index contributed by atoms with van der Waals surface area (Å²) in [6.45, 7) is 4.23. The van der Waals surface area contributed by atoms with E-state index in [1.807, 2.05) is 25.1 Å². The first-order chi connectivity index (χ1) is 18.4. The first kappa shape index (κ1) is 25.9. The first-order valence-electron chi connectivity index (χ1n) is 12.8. The van der Waals surface area contributed by atoms with Crippen molar-refractivity contribution in [3.63, 3.8) is 0 Å². The van der Waals surface area contributed by atoms with Gasteiger partial charge in [0.1, 0.15) is 29.8 Å². The number of nitrogens with one attached hydrogen (secondary N) is 2. The average molecular weight is 538 g/mol. The summed E-state index contributed by atoms with van der Waals surface area (Å²) in [6.07, 6.45) is 4.26. The highest BCUT2D eigenvalue weighted by atomic mass is 32.2. The summed E-state index contributed by atoms with van der Waals surface area (Å²) in [5, 5.41) is 0. The maximum Gasteiger partial charge on any atom is 0.334 e. The number of para-hydroxylation sites is 1. The van der Waals surface area contributed by atoms with Crippen LogP contribution >= 0.6 is 0 Å². The molecule has 0 unspecified atom stereocenters. The second-order valence-electron chi connectivity index (χ2n) is 9.23. The van der Waals surface area contributed by atoms with Crippen molar-refractivity contribution in [1.29, 1.82) is 0 Å². The van der Waals surface area contributed by atoms with Gasteiger partial charge in [0.05, 0.1) is 22.8 Å². The van der Waals surface area contributed by atoms with E-state index in [0.717, 1.165) is 31.4 Å². The Labute approximate surface area is 221 Å². The van der Waals surface area contributed by atoms with E-state index in [9.17, 15) is 13.2 Å². The molecule has 1 aliphatic carbocycles. The minimum atomic E-state index is -3.87. The number of rotatable bonds is 10. The molecule has 1 aliphatic rings. The van der Waals surface area contributed by atoms with E-state index in [4.69, 9.17) is 14.5 Å². The Balaban J connectivity index is 1.47. The fourth-order valence-corrected chi connectivity index (χ4v) is 5.91. The lowest BCUT2D eigenvalue weighted by Crippen LogP contribution is -2.28. The van der Waals surface area contributed by atoms with Gasteiger partial charge in [-0.1, -0.05) is 31.0 Å². The SMILES string of the molecule is CCOc1ccc(S(=O)(=O)NCCOc2ccccc2)cc1-c1nc2c(C3CCCC3)nc(C)n2c(=O)[nH]1. The van der Waals surface area contributed by atoms with Crippen LogP contribution in [0.2, 0.25) is 0 Å². The van der Waals surface area contributed by atoms with Gasteiger partial charge in [-0.3, -0.25) is 4.98 Å². The van der Waals surface area contributed by atoms with Crippen molar-refractivity contribution in [1.82, 2.24) is 24.1 Å². The Kier molecular flexibility index (Phi) is 7.48. The Morgan fingerprint density at radius 2 is 1.84 bits per heavy atom. The van der Waals surface area contributed by atoms with E-state index in [0.29, 0.717) is 35.1 Å². The minimum absolute atomic E-state index is 0.0268. The van der Waals surface area contributed by atoms with Crippen LogP contribution in [0, 0.1) is 6.92 Å². The zero-order valence-electron chi connectivity index (χ0n) is 21.4. The Morgan fingerprint density at radius 1 is 1.08 bits per heavy atom. The van der Waals surface area contributed by atoms with E-state index in [1.54, 1.807) is 25.1 Å². The van der Waals surface area contributed by atoms with Crippen molar-refractivity contribution in [3.8, 4) is 22.9 Å². The summed E-state index contributed by atoms with van der Waals surface area (Å²) in [4.78, 5) is 25.4. The molecule has 2 aromatic heterocycles. The molecule has 38 heavy (non-hydrogen) atoms. The quantitative estimate of drug-likeness (QED) is 0.295. The molecule has 11 heteroatoms. The third-order valence-electron chi connectivity index (χ3n) is 6.66. The highest BCUT2D eigenvalue weighted by molar-refractivity contribution is 7.89. The Bertz CT molecular complexity index is 1590. The van der Waals surface area contributed by atoms with Crippen LogP contribution in [-0.4, -0.2) is 47.5 Å². The number of ether oxygens (including phenoxy) is 2. The normalized spacial score (nSPS) is 14.3. The van der Waals surface area contributed by atoms with Crippen LogP contribution in [0.4, 0.5) is 0 Å². The predicted octanol–water partition coefficient (Wildman–Crippen LogP) is 3.81. The molecule has 1 saturated carbocycles. The number of sulfonamides is 1. The summed E-state index contributed by atoms with van der Waals surface area (Å²) in [5.41, 5.74) is 1.31. The highest BCUT2D eigenvalue weighted by Crippen LogP contribution is 2.36. The van der Waals surface area contributed by atoms with Crippen LogP contribution in [0.1, 0.15) is 50.0 Å². The van der Waals surface area contributed by atoms with Crippen LogP contribution in [0.25, 0.3) is 17.0 Å². The van der Waals surface area contributed by atoms with Crippen LogP contribution in [0.15, 0.2) is 58.2 Å². The monoisotopic (exact) mass is 537 g/mol. The van der Waals surface area contributed by atoms with Gasteiger partial charge in [-0.15, -0.1) is 0 Å². The molecular formula is C27H31N5O5S. The molecule has 2 N–H and O–H groups in total. The van der Waals surface area contributed by atoms with Gasteiger partial charge in [0.15, 0.2) is 5.65 Å². The molecule has 0 atom stereocenters. The Morgan fingerprint density at radius 3 is 2.58 bits per heavy atom. The van der Waals surface area contributed by atoms with E-state index in [1.165, 1.54) is 16.5 Å². The summed E-state index contributed by atoms with van der Waals surface area (Å²) in [6, 6.07) is 13.7. The molecule has 2 aromatic carbocycles. The molecule has 0 amide bonds. The molecule has 200 valence electrons. The first-order valence-corrected chi connectivity index (χ1v) is 14.3. The second-order valence-corrected chi connectivity index (χ2v) is 11.0. The van der Waals surface area contributed by atoms with Gasteiger partial charge in [0.2, 0.25) is 10.0 Å². The average Bonchev–Trinajstić information content (AvgIpc) is 3.56. The lowest BCUT2D eigenvalue weighted by Gasteiger charge is -2.13. The zero-order chi connectivity index (χ0) is 26.7. The topological polar surface area (TPSA) is 128 Å². The fourth-order valence-electron chi connectivity index (χ4n) is 4.87. The smallest absolute Gasteiger partial charge is 0.334 e. The predicted molar refractivity (Wildman–Crippen MR) is 143 cm³/mol. The lowest BCUT2D eigenvalue weighted by molar-refractivity contribution is 0.323. The summed E-state index contributed by atoms with van der Waals surface area (Å²) >= 11 is 0. The van der Waals surface area contributed by atoms with Gasteiger partial charge < -0.3 is 9.47 Å². The van der Waals surface area contributed by atoms with Gasteiger partial charge in [-0.05, 0) is 57.0 Å². The van der Waals surface area contributed by atoms with Gasteiger partial charge >= 0.3 is 5.69 Å². The molecule has 0 bridgehead atoms. The van der Waals surface area contributed by atoms with Crippen LogP contribution in [0.5, 0.6) is 11.5 Å². The molecule has 5 rings (SSSR count). The van der Waals surface area contributed by atoms with Crippen LogP contribution in [0.3, 0.4) is 0 Å². The Hall–Kier alpha value is -3.70. The number of aromatic amines is 1. The van der Waals surface area contributed by atoms with Gasteiger partial charge in [-0.25, -0.2) is 32.3 Å². The minimum Gasteiger partial charge on any atom is -0.493 e.